The van der Waals surface area contributed by atoms with Gasteiger partial charge in [-0.15, -0.1) is 0 Å². The second kappa shape index (κ2) is 7.34. The molecule has 0 radical (unpaired) electrons. The molecular formula is C25H24ClN3O. The molecule has 0 saturated heterocycles. The van der Waals surface area contributed by atoms with Crippen molar-refractivity contribution in [2.24, 2.45) is 11.1 Å². The van der Waals surface area contributed by atoms with E-state index in [4.69, 9.17) is 17.3 Å². The summed E-state index contributed by atoms with van der Waals surface area (Å²) >= 11 is 6.08. The third-order valence-corrected chi connectivity index (χ3v) is 6.13. The average molecular weight is 418 g/mol. The first-order valence-corrected chi connectivity index (χ1v) is 10.4. The molecule has 0 fully saturated rings. The molecule has 0 aromatic heterocycles. The Labute approximate surface area is 182 Å². The fourth-order valence-electron chi connectivity index (χ4n) is 4.49. The zero-order valence-electron chi connectivity index (χ0n) is 17.4. The molecular weight excluding hydrogens is 394 g/mol. The highest BCUT2D eigenvalue weighted by atomic mass is 35.5. The second-order valence-electron chi connectivity index (χ2n) is 8.87. The van der Waals surface area contributed by atoms with E-state index in [1.54, 1.807) is 12.1 Å². The Balaban J connectivity index is 1.98. The number of hydrogen-bond donors (Lipinski definition) is 1. The van der Waals surface area contributed by atoms with Gasteiger partial charge in [-0.05, 0) is 48.6 Å². The molecule has 0 amide bonds. The summed E-state index contributed by atoms with van der Waals surface area (Å²) in [5.41, 5.74) is 11.2. The molecule has 4 rings (SSSR count). The molecule has 0 saturated carbocycles. The molecule has 2 N–H and O–H groups in total. The maximum absolute atomic E-state index is 13.4. The van der Waals surface area contributed by atoms with Gasteiger partial charge in [0.25, 0.3) is 0 Å². The van der Waals surface area contributed by atoms with Crippen molar-refractivity contribution in [1.82, 2.24) is 0 Å². The number of ketones is 1. The van der Waals surface area contributed by atoms with Crippen LogP contribution in [0.5, 0.6) is 0 Å². The molecule has 0 unspecified atom stereocenters. The highest BCUT2D eigenvalue weighted by molar-refractivity contribution is 6.30. The Bertz CT molecular complexity index is 1120. The summed E-state index contributed by atoms with van der Waals surface area (Å²) in [6, 6.07) is 17.6. The second-order valence-corrected chi connectivity index (χ2v) is 9.30. The maximum Gasteiger partial charge on any atom is 0.162 e. The Morgan fingerprint density at radius 3 is 2.33 bits per heavy atom. The summed E-state index contributed by atoms with van der Waals surface area (Å²) in [6.07, 6.45) is 1.14. The van der Waals surface area contributed by atoms with Gasteiger partial charge in [-0.3, -0.25) is 9.69 Å². The van der Waals surface area contributed by atoms with Crippen molar-refractivity contribution in [2.75, 3.05) is 4.90 Å². The number of carbonyl (C=O) groups is 1. The van der Waals surface area contributed by atoms with Crippen LogP contribution in [0.4, 0.5) is 5.69 Å². The first-order chi connectivity index (χ1) is 14.2. The largest absolute Gasteiger partial charge is 0.384 e. The Kier molecular flexibility index (Phi) is 4.95. The van der Waals surface area contributed by atoms with E-state index in [1.807, 2.05) is 48.2 Å². The summed E-state index contributed by atoms with van der Waals surface area (Å²) in [5, 5.41) is 10.7. The van der Waals surface area contributed by atoms with Gasteiger partial charge in [0.1, 0.15) is 5.82 Å². The van der Waals surface area contributed by atoms with Gasteiger partial charge < -0.3 is 5.73 Å². The number of benzene rings is 2. The van der Waals surface area contributed by atoms with Gasteiger partial charge >= 0.3 is 0 Å². The molecule has 4 nitrogen and oxygen atoms in total. The van der Waals surface area contributed by atoms with Crippen LogP contribution in [0.1, 0.15) is 43.7 Å². The summed E-state index contributed by atoms with van der Waals surface area (Å²) in [7, 11) is 0. The van der Waals surface area contributed by atoms with Gasteiger partial charge in [-0.1, -0.05) is 55.3 Å². The van der Waals surface area contributed by atoms with Crippen LogP contribution in [0.3, 0.4) is 0 Å². The van der Waals surface area contributed by atoms with Crippen LogP contribution >= 0.6 is 11.6 Å². The molecule has 1 heterocycles. The van der Waals surface area contributed by atoms with Crippen molar-refractivity contribution in [1.29, 1.82) is 5.26 Å². The first-order valence-electron chi connectivity index (χ1n) is 10.00. The van der Waals surface area contributed by atoms with Gasteiger partial charge in [-0.25, -0.2) is 0 Å². The summed E-state index contributed by atoms with van der Waals surface area (Å²) < 4.78 is 0. The standard InChI is InChI=1S/C25H24ClN3O/c1-15-4-10-18(11-5-15)29-20-12-25(2,3)13-21(30)23(20)22(19(14-27)24(29)28)16-6-8-17(26)9-7-16/h4-11,22H,12-13,28H2,1-3H3/t22-/m1/s1. The van der Waals surface area contributed by atoms with Crippen molar-refractivity contribution >= 4 is 23.1 Å². The number of allylic oxidation sites excluding steroid dienone is 3. The van der Waals surface area contributed by atoms with Crippen molar-refractivity contribution < 1.29 is 4.79 Å². The van der Waals surface area contributed by atoms with Crippen LogP contribution < -0.4 is 10.6 Å². The summed E-state index contributed by atoms with van der Waals surface area (Å²) in [4.78, 5) is 15.3. The highest BCUT2D eigenvalue weighted by Gasteiger charge is 2.44. The van der Waals surface area contributed by atoms with E-state index >= 15 is 0 Å². The third-order valence-electron chi connectivity index (χ3n) is 5.88. The Morgan fingerprint density at radius 2 is 1.73 bits per heavy atom. The number of nitrogens with two attached hydrogens (primary N) is 1. The number of hydrogen-bond acceptors (Lipinski definition) is 4. The van der Waals surface area contributed by atoms with Gasteiger partial charge in [0, 0.05) is 28.4 Å². The predicted molar refractivity (Wildman–Crippen MR) is 120 cm³/mol. The number of rotatable bonds is 2. The van der Waals surface area contributed by atoms with Crippen molar-refractivity contribution in [2.45, 2.75) is 39.5 Å². The lowest BCUT2D eigenvalue weighted by atomic mass is 9.68. The number of Topliss-reactive ketones (excluding diaryl/α,β-unsaturated/α-hetero) is 1. The van der Waals surface area contributed by atoms with Crippen LogP contribution in [-0.2, 0) is 4.79 Å². The van der Waals surface area contributed by atoms with E-state index in [9.17, 15) is 10.1 Å². The molecule has 30 heavy (non-hydrogen) atoms. The van der Waals surface area contributed by atoms with Crippen molar-refractivity contribution in [3.8, 4) is 6.07 Å². The number of nitriles is 1. The molecule has 152 valence electrons. The zero-order valence-corrected chi connectivity index (χ0v) is 18.1. The minimum atomic E-state index is -0.479. The van der Waals surface area contributed by atoms with Crippen LogP contribution in [0.15, 0.2) is 71.2 Å². The summed E-state index contributed by atoms with van der Waals surface area (Å²) in [6.45, 7) is 6.21. The lowest BCUT2D eigenvalue weighted by Crippen LogP contribution is -2.42. The van der Waals surface area contributed by atoms with Gasteiger partial charge in [0.05, 0.1) is 17.6 Å². The van der Waals surface area contributed by atoms with E-state index in [0.29, 0.717) is 34.8 Å². The van der Waals surface area contributed by atoms with Crippen LogP contribution in [-0.4, -0.2) is 5.78 Å². The molecule has 0 bridgehead atoms. The van der Waals surface area contributed by atoms with E-state index < -0.39 is 5.92 Å². The number of anilines is 1. The lowest BCUT2D eigenvalue weighted by Gasteiger charge is -2.43. The van der Waals surface area contributed by atoms with E-state index in [-0.39, 0.29) is 11.2 Å². The fourth-order valence-corrected chi connectivity index (χ4v) is 4.61. The first kappa shape index (κ1) is 20.3. The van der Waals surface area contributed by atoms with Gasteiger partial charge in [-0.2, -0.15) is 5.26 Å². The Hall–Kier alpha value is -3.03. The topological polar surface area (TPSA) is 70.1 Å². The van der Waals surface area contributed by atoms with Crippen LogP contribution in [0.2, 0.25) is 5.02 Å². The molecule has 1 aliphatic carbocycles. The van der Waals surface area contributed by atoms with Crippen LogP contribution in [0.25, 0.3) is 0 Å². The molecule has 1 aliphatic heterocycles. The molecule has 2 aliphatic rings. The average Bonchev–Trinajstić information content (AvgIpc) is 2.68. The smallest absolute Gasteiger partial charge is 0.162 e. The fraction of sp³-hybridized carbons (Fsp3) is 0.280. The van der Waals surface area contributed by atoms with Gasteiger partial charge in [0.2, 0.25) is 0 Å². The minimum Gasteiger partial charge on any atom is -0.384 e. The summed E-state index contributed by atoms with van der Waals surface area (Å²) in [5.74, 6) is -0.0309. The molecule has 5 heteroatoms. The zero-order chi connectivity index (χ0) is 21.6. The van der Waals surface area contributed by atoms with Crippen molar-refractivity contribution in [3.63, 3.8) is 0 Å². The number of halogens is 1. The van der Waals surface area contributed by atoms with E-state index in [2.05, 4.69) is 19.9 Å². The quantitative estimate of drug-likeness (QED) is 0.691. The molecule has 1 atom stereocenters. The van der Waals surface area contributed by atoms with E-state index in [1.165, 1.54) is 0 Å². The monoisotopic (exact) mass is 417 g/mol. The maximum atomic E-state index is 13.4. The molecule has 2 aromatic carbocycles. The number of aryl methyl sites for hydroxylation is 1. The molecule has 2 aromatic rings. The third kappa shape index (κ3) is 3.40. The number of nitrogens with zero attached hydrogens (tertiary/aromatic N) is 2. The Morgan fingerprint density at radius 1 is 1.10 bits per heavy atom. The predicted octanol–water partition coefficient (Wildman–Crippen LogP) is 5.59. The SMILES string of the molecule is Cc1ccc(N2C(N)=C(C#N)[C@@H](c3ccc(Cl)cc3)C3=C2CC(C)(C)CC3=O)cc1. The normalized spacial score (nSPS) is 20.8. The van der Waals surface area contributed by atoms with Crippen molar-refractivity contribution in [3.05, 3.63) is 87.3 Å². The number of carbonyl (C=O) groups excluding carboxylic acids is 1. The van der Waals surface area contributed by atoms with Gasteiger partial charge in [0.15, 0.2) is 5.78 Å². The lowest BCUT2D eigenvalue weighted by molar-refractivity contribution is -0.118. The molecule has 0 spiro atoms. The van der Waals surface area contributed by atoms with Crippen LogP contribution in [0, 0.1) is 23.7 Å². The minimum absolute atomic E-state index is 0.0681. The van der Waals surface area contributed by atoms with E-state index in [0.717, 1.165) is 22.5 Å². The highest BCUT2D eigenvalue weighted by Crippen LogP contribution is 2.50.